The fourth-order valence-electron chi connectivity index (χ4n) is 3.43. The summed E-state index contributed by atoms with van der Waals surface area (Å²) in [6.07, 6.45) is 6.48. The number of nitrogens with one attached hydrogen (secondary N) is 1. The quantitative estimate of drug-likeness (QED) is 0.366. The summed E-state index contributed by atoms with van der Waals surface area (Å²) in [7, 11) is 0.982. The summed E-state index contributed by atoms with van der Waals surface area (Å²) < 4.78 is 43.7. The normalized spacial score (nSPS) is 11.6. The smallest absolute Gasteiger partial charge is 0.248 e. The third-order valence-corrected chi connectivity index (χ3v) is 7.31. The van der Waals surface area contributed by atoms with Gasteiger partial charge in [0.1, 0.15) is 0 Å². The van der Waals surface area contributed by atoms with Crippen molar-refractivity contribution >= 4 is 27.7 Å². The van der Waals surface area contributed by atoms with Crippen molar-refractivity contribution in [1.29, 1.82) is 0 Å². The van der Waals surface area contributed by atoms with E-state index in [9.17, 15) is 13.2 Å². The van der Waals surface area contributed by atoms with Crippen LogP contribution in [0.2, 0.25) is 0 Å². The molecule has 0 spiro atoms. The maximum Gasteiger partial charge on any atom is 0.248 e. The Morgan fingerprint density at radius 3 is 1.91 bits per heavy atom. The number of unbranched alkanes of at least 4 members (excludes halogenated alkanes) is 2. The number of carbonyl (C=O) groups is 1. The summed E-state index contributed by atoms with van der Waals surface area (Å²) in [5.74, 6) is 1.07. The van der Waals surface area contributed by atoms with Crippen LogP contribution in [0.25, 0.3) is 6.08 Å². The number of methoxy groups -OCH3 is 3. The van der Waals surface area contributed by atoms with E-state index in [4.69, 9.17) is 14.2 Å². The number of rotatable bonds is 14. The van der Waals surface area contributed by atoms with Gasteiger partial charge in [0.15, 0.2) is 11.5 Å². The maximum atomic E-state index is 13.1. The molecule has 0 saturated heterocycles. The lowest BCUT2D eigenvalue weighted by Gasteiger charge is -2.22. The van der Waals surface area contributed by atoms with Crippen LogP contribution >= 0.6 is 0 Å². The van der Waals surface area contributed by atoms with Gasteiger partial charge in [0.25, 0.3) is 0 Å². The Hall–Kier alpha value is -3.04. The minimum absolute atomic E-state index is 0.218. The molecule has 0 atom stereocenters. The summed E-state index contributed by atoms with van der Waals surface area (Å²) in [6.45, 7) is 5.09. The highest BCUT2D eigenvalue weighted by molar-refractivity contribution is 7.89. The van der Waals surface area contributed by atoms with Crippen molar-refractivity contribution in [1.82, 2.24) is 4.31 Å². The molecular weight excluding hydrogens is 468 g/mol. The Labute approximate surface area is 208 Å². The van der Waals surface area contributed by atoms with Crippen molar-refractivity contribution in [2.75, 3.05) is 39.7 Å². The molecule has 0 fully saturated rings. The summed E-state index contributed by atoms with van der Waals surface area (Å²) in [4.78, 5) is 12.7. The summed E-state index contributed by atoms with van der Waals surface area (Å²) in [6, 6.07) is 9.70. The van der Waals surface area contributed by atoms with E-state index in [1.165, 1.54) is 39.5 Å². The van der Waals surface area contributed by atoms with E-state index in [2.05, 4.69) is 5.32 Å². The molecule has 2 rings (SSSR count). The van der Waals surface area contributed by atoms with Crippen LogP contribution in [0.1, 0.15) is 45.1 Å². The number of hydrogen-bond acceptors (Lipinski definition) is 6. The molecule has 192 valence electrons. The van der Waals surface area contributed by atoms with Crippen LogP contribution in [0.5, 0.6) is 17.2 Å². The molecule has 9 heteroatoms. The van der Waals surface area contributed by atoms with Crippen molar-refractivity contribution in [3.8, 4) is 17.2 Å². The van der Waals surface area contributed by atoms with Crippen LogP contribution in [-0.4, -0.2) is 53.0 Å². The van der Waals surface area contributed by atoms with Gasteiger partial charge >= 0.3 is 0 Å². The summed E-state index contributed by atoms with van der Waals surface area (Å²) in [5.41, 5.74) is 1.19. The van der Waals surface area contributed by atoms with Crippen LogP contribution in [0.4, 0.5) is 5.69 Å². The first-order valence-electron chi connectivity index (χ1n) is 11.7. The molecule has 8 nitrogen and oxygen atoms in total. The molecule has 1 amide bonds. The lowest BCUT2D eigenvalue weighted by molar-refractivity contribution is -0.111. The summed E-state index contributed by atoms with van der Waals surface area (Å²) >= 11 is 0. The van der Waals surface area contributed by atoms with Crippen molar-refractivity contribution < 1.29 is 27.4 Å². The maximum absolute atomic E-state index is 13.1. The minimum Gasteiger partial charge on any atom is -0.493 e. The molecule has 2 aromatic rings. The molecular formula is C26H36N2O6S. The standard InChI is InChI=1S/C26H36N2O6S/c1-6-8-16-28(17-9-7-2)35(30,31)22-13-11-21(12-14-22)27-25(29)15-10-20-18-23(32-3)26(34-5)24(19-20)33-4/h10-15,18-19H,6-9,16-17H2,1-5H3,(H,27,29). The van der Waals surface area contributed by atoms with Crippen molar-refractivity contribution in [3.05, 3.63) is 48.0 Å². The van der Waals surface area contributed by atoms with Crippen LogP contribution in [0.3, 0.4) is 0 Å². The molecule has 0 saturated carbocycles. The average Bonchev–Trinajstić information content (AvgIpc) is 2.86. The molecule has 0 bridgehead atoms. The molecule has 35 heavy (non-hydrogen) atoms. The van der Waals surface area contributed by atoms with E-state index in [-0.39, 0.29) is 10.8 Å². The SMILES string of the molecule is CCCCN(CCCC)S(=O)(=O)c1ccc(NC(=O)C=Cc2cc(OC)c(OC)c(OC)c2)cc1. The number of hydrogen-bond donors (Lipinski definition) is 1. The van der Waals surface area contributed by atoms with Gasteiger partial charge in [-0.05, 0) is 60.9 Å². The lowest BCUT2D eigenvalue weighted by Crippen LogP contribution is -2.33. The second kappa shape index (κ2) is 13.7. The van der Waals surface area contributed by atoms with Crippen LogP contribution in [0.15, 0.2) is 47.4 Å². The highest BCUT2D eigenvalue weighted by Crippen LogP contribution is 2.38. The topological polar surface area (TPSA) is 94.2 Å². The number of carbonyl (C=O) groups excluding carboxylic acids is 1. The predicted molar refractivity (Wildman–Crippen MR) is 139 cm³/mol. The summed E-state index contributed by atoms with van der Waals surface area (Å²) in [5, 5.41) is 2.75. The van der Waals surface area contributed by atoms with Gasteiger partial charge in [-0.1, -0.05) is 26.7 Å². The highest BCUT2D eigenvalue weighted by atomic mass is 32.2. The Balaban J connectivity index is 2.12. The van der Waals surface area contributed by atoms with E-state index >= 15 is 0 Å². The number of amides is 1. The van der Waals surface area contributed by atoms with Gasteiger partial charge in [-0.2, -0.15) is 4.31 Å². The second-order valence-corrected chi connectivity index (χ2v) is 9.85. The zero-order valence-electron chi connectivity index (χ0n) is 21.2. The molecule has 2 aromatic carbocycles. The molecule has 0 heterocycles. The van der Waals surface area contributed by atoms with E-state index in [1.54, 1.807) is 34.6 Å². The van der Waals surface area contributed by atoms with Crippen molar-refractivity contribution in [2.45, 2.75) is 44.4 Å². The lowest BCUT2D eigenvalue weighted by atomic mass is 10.1. The molecule has 0 unspecified atom stereocenters. The number of benzene rings is 2. The monoisotopic (exact) mass is 504 g/mol. The Kier molecular flexibility index (Phi) is 11.1. The fourth-order valence-corrected chi connectivity index (χ4v) is 4.95. The van der Waals surface area contributed by atoms with Gasteiger partial charge in [0.05, 0.1) is 26.2 Å². The largest absolute Gasteiger partial charge is 0.493 e. The third-order valence-electron chi connectivity index (χ3n) is 5.40. The van der Waals surface area contributed by atoms with Gasteiger partial charge in [-0.15, -0.1) is 0 Å². The van der Waals surface area contributed by atoms with Gasteiger partial charge in [-0.25, -0.2) is 8.42 Å². The first-order valence-corrected chi connectivity index (χ1v) is 13.1. The van der Waals surface area contributed by atoms with E-state index in [0.717, 1.165) is 25.7 Å². The molecule has 1 N–H and O–H groups in total. The van der Waals surface area contributed by atoms with E-state index < -0.39 is 10.0 Å². The fraction of sp³-hybridized carbons (Fsp3) is 0.423. The van der Waals surface area contributed by atoms with E-state index in [1.807, 2.05) is 13.8 Å². The number of ether oxygens (including phenoxy) is 3. The average molecular weight is 505 g/mol. The molecule has 0 aliphatic rings. The highest BCUT2D eigenvalue weighted by Gasteiger charge is 2.23. The van der Waals surface area contributed by atoms with Crippen LogP contribution in [0, 0.1) is 0 Å². The number of nitrogens with zero attached hydrogens (tertiary/aromatic N) is 1. The Bertz CT molecular complexity index is 1060. The van der Waals surface area contributed by atoms with Gasteiger partial charge in [0, 0.05) is 24.9 Å². The predicted octanol–water partition coefficient (Wildman–Crippen LogP) is 4.96. The zero-order chi connectivity index (χ0) is 25.8. The van der Waals surface area contributed by atoms with Crippen molar-refractivity contribution in [3.63, 3.8) is 0 Å². The number of anilines is 1. The van der Waals surface area contributed by atoms with Gasteiger partial charge in [0.2, 0.25) is 21.7 Å². The zero-order valence-corrected chi connectivity index (χ0v) is 22.0. The third kappa shape index (κ3) is 7.73. The minimum atomic E-state index is -3.58. The molecule has 0 aliphatic carbocycles. The van der Waals surface area contributed by atoms with E-state index in [0.29, 0.717) is 41.6 Å². The first kappa shape index (κ1) is 28.2. The second-order valence-electron chi connectivity index (χ2n) is 7.92. The Morgan fingerprint density at radius 1 is 0.914 bits per heavy atom. The van der Waals surface area contributed by atoms with Crippen molar-refractivity contribution in [2.24, 2.45) is 0 Å². The number of sulfonamides is 1. The van der Waals surface area contributed by atoms with Gasteiger partial charge < -0.3 is 19.5 Å². The molecule has 0 aliphatic heterocycles. The first-order chi connectivity index (χ1) is 16.8. The molecule has 0 aromatic heterocycles. The molecule has 0 radical (unpaired) electrons. The van der Waals surface area contributed by atoms with Crippen LogP contribution in [-0.2, 0) is 14.8 Å². The Morgan fingerprint density at radius 2 is 1.46 bits per heavy atom. The van der Waals surface area contributed by atoms with Crippen LogP contribution < -0.4 is 19.5 Å². The van der Waals surface area contributed by atoms with Gasteiger partial charge in [-0.3, -0.25) is 4.79 Å².